The van der Waals surface area contributed by atoms with E-state index in [0.717, 1.165) is 17.1 Å². The third-order valence-electron chi connectivity index (χ3n) is 4.45. The van der Waals surface area contributed by atoms with E-state index in [1.807, 2.05) is 36.4 Å². The lowest BCUT2D eigenvalue weighted by Crippen LogP contribution is -2.07. The molecular formula is C22H22N4O3S. The van der Waals surface area contributed by atoms with Gasteiger partial charge < -0.3 is 9.47 Å². The Labute approximate surface area is 178 Å². The molecule has 8 heteroatoms. The van der Waals surface area contributed by atoms with Gasteiger partial charge in [0.05, 0.1) is 13.7 Å². The molecule has 4 aromatic rings. The van der Waals surface area contributed by atoms with Crippen LogP contribution in [0.15, 0.2) is 58.5 Å². The standard InChI is InChI=1S/C22H22N4O3S/c1-14-10-15(2)12-18(11-14)29-8-9-30-22-24-21(16-4-6-17(28-3)7-5-16)23-19-13-20(27)25-26(19)22/h4-7,10-13H,8-9H2,1-3H3,(H,25,27). The minimum Gasteiger partial charge on any atom is -0.497 e. The first-order chi connectivity index (χ1) is 14.5. The number of hydrogen-bond donors (Lipinski definition) is 1. The van der Waals surface area contributed by atoms with Gasteiger partial charge >= 0.3 is 0 Å². The van der Waals surface area contributed by atoms with Crippen LogP contribution in [0.3, 0.4) is 0 Å². The molecule has 0 saturated heterocycles. The largest absolute Gasteiger partial charge is 0.497 e. The highest BCUT2D eigenvalue weighted by molar-refractivity contribution is 7.99. The Morgan fingerprint density at radius 2 is 1.73 bits per heavy atom. The zero-order valence-corrected chi connectivity index (χ0v) is 17.8. The van der Waals surface area contributed by atoms with Crippen molar-refractivity contribution in [1.82, 2.24) is 19.6 Å². The molecule has 154 valence electrons. The Hall–Kier alpha value is -3.26. The summed E-state index contributed by atoms with van der Waals surface area (Å²) >= 11 is 1.50. The summed E-state index contributed by atoms with van der Waals surface area (Å²) in [4.78, 5) is 21.0. The van der Waals surface area contributed by atoms with Gasteiger partial charge in [0.25, 0.3) is 5.56 Å². The molecule has 2 aromatic heterocycles. The van der Waals surface area contributed by atoms with Crippen LogP contribution in [0.5, 0.6) is 11.5 Å². The summed E-state index contributed by atoms with van der Waals surface area (Å²) in [5, 5.41) is 3.40. The lowest BCUT2D eigenvalue weighted by molar-refractivity contribution is 0.343. The molecule has 30 heavy (non-hydrogen) atoms. The van der Waals surface area contributed by atoms with Gasteiger partial charge in [-0.2, -0.15) is 0 Å². The van der Waals surface area contributed by atoms with E-state index in [2.05, 4.69) is 35.0 Å². The van der Waals surface area contributed by atoms with Crippen molar-refractivity contribution in [1.29, 1.82) is 0 Å². The van der Waals surface area contributed by atoms with Crippen LogP contribution in [0, 0.1) is 13.8 Å². The fourth-order valence-corrected chi connectivity index (χ4v) is 3.93. The second-order valence-electron chi connectivity index (χ2n) is 6.89. The van der Waals surface area contributed by atoms with Crippen LogP contribution in [-0.2, 0) is 0 Å². The molecule has 4 rings (SSSR count). The van der Waals surface area contributed by atoms with Gasteiger partial charge in [0.15, 0.2) is 16.6 Å². The maximum Gasteiger partial charge on any atom is 0.266 e. The van der Waals surface area contributed by atoms with Crippen LogP contribution in [-0.4, -0.2) is 39.1 Å². The SMILES string of the molecule is COc1ccc(-c2nc(SCCOc3cc(C)cc(C)c3)n3[nH]c(=O)cc3n2)cc1. The third-order valence-corrected chi connectivity index (χ3v) is 5.35. The van der Waals surface area contributed by atoms with Gasteiger partial charge in [0.1, 0.15) is 11.5 Å². The van der Waals surface area contributed by atoms with E-state index in [-0.39, 0.29) is 5.56 Å². The lowest BCUT2D eigenvalue weighted by atomic mass is 10.1. The van der Waals surface area contributed by atoms with Crippen LogP contribution >= 0.6 is 11.8 Å². The molecule has 7 nitrogen and oxygen atoms in total. The molecule has 0 unspecified atom stereocenters. The summed E-state index contributed by atoms with van der Waals surface area (Å²) in [5.74, 6) is 2.83. The number of rotatable bonds is 7. The Morgan fingerprint density at radius 1 is 1.00 bits per heavy atom. The van der Waals surface area contributed by atoms with Gasteiger partial charge in [0, 0.05) is 17.4 Å². The normalized spacial score (nSPS) is 11.0. The van der Waals surface area contributed by atoms with Gasteiger partial charge in [0.2, 0.25) is 0 Å². The molecule has 0 aliphatic heterocycles. The number of benzene rings is 2. The second-order valence-corrected chi connectivity index (χ2v) is 7.95. The van der Waals surface area contributed by atoms with E-state index in [0.29, 0.717) is 29.0 Å². The van der Waals surface area contributed by atoms with Gasteiger partial charge in [-0.05, 0) is 61.4 Å². The van der Waals surface area contributed by atoms with E-state index in [4.69, 9.17) is 9.47 Å². The fourth-order valence-electron chi connectivity index (χ4n) is 3.16. The Morgan fingerprint density at radius 3 is 2.43 bits per heavy atom. The topological polar surface area (TPSA) is 81.5 Å². The van der Waals surface area contributed by atoms with E-state index >= 15 is 0 Å². The number of nitrogens with zero attached hydrogens (tertiary/aromatic N) is 3. The molecule has 0 fully saturated rings. The number of nitrogens with one attached hydrogen (secondary N) is 1. The molecule has 2 heterocycles. The number of fused-ring (bicyclic) bond motifs is 1. The number of ether oxygens (including phenoxy) is 2. The number of thioether (sulfide) groups is 1. The molecule has 0 bridgehead atoms. The molecule has 0 spiro atoms. The molecule has 0 amide bonds. The van der Waals surface area contributed by atoms with Gasteiger partial charge in [-0.25, -0.2) is 14.5 Å². The van der Waals surface area contributed by atoms with Crippen molar-refractivity contribution in [3.05, 3.63) is 70.0 Å². The predicted octanol–water partition coefficient (Wildman–Crippen LogP) is 3.88. The molecule has 0 aliphatic rings. The van der Waals surface area contributed by atoms with Crippen LogP contribution < -0.4 is 15.0 Å². The number of hydrogen-bond acceptors (Lipinski definition) is 6. The van der Waals surface area contributed by atoms with E-state index in [1.165, 1.54) is 29.0 Å². The van der Waals surface area contributed by atoms with E-state index in [9.17, 15) is 4.79 Å². The molecule has 0 radical (unpaired) electrons. The molecule has 0 saturated carbocycles. The smallest absolute Gasteiger partial charge is 0.266 e. The summed E-state index contributed by atoms with van der Waals surface area (Å²) in [6, 6.07) is 15.1. The van der Waals surface area contributed by atoms with Gasteiger partial charge in [-0.1, -0.05) is 17.8 Å². The first-order valence-corrected chi connectivity index (χ1v) is 10.5. The predicted molar refractivity (Wildman–Crippen MR) is 118 cm³/mol. The van der Waals surface area contributed by atoms with Gasteiger partial charge in [-0.15, -0.1) is 0 Å². The summed E-state index contributed by atoms with van der Waals surface area (Å²) in [7, 11) is 1.62. The van der Waals surface area contributed by atoms with Crippen LogP contribution in [0.4, 0.5) is 0 Å². The maximum atomic E-state index is 11.9. The van der Waals surface area contributed by atoms with Crippen molar-refractivity contribution in [3.8, 4) is 22.9 Å². The molecule has 2 aromatic carbocycles. The summed E-state index contributed by atoms with van der Waals surface area (Å²) in [6.45, 7) is 4.62. The molecule has 0 atom stereocenters. The van der Waals surface area contributed by atoms with Crippen molar-refractivity contribution >= 4 is 17.4 Å². The summed E-state index contributed by atoms with van der Waals surface area (Å²) < 4.78 is 12.7. The van der Waals surface area contributed by atoms with Crippen LogP contribution in [0.25, 0.3) is 17.0 Å². The lowest BCUT2D eigenvalue weighted by Gasteiger charge is -2.10. The Kier molecular flexibility index (Phi) is 5.76. The Bertz CT molecular complexity index is 1210. The highest BCUT2D eigenvalue weighted by Crippen LogP contribution is 2.24. The fraction of sp³-hybridized carbons (Fsp3) is 0.227. The zero-order chi connectivity index (χ0) is 21.1. The van der Waals surface area contributed by atoms with Crippen molar-refractivity contribution in [2.75, 3.05) is 19.5 Å². The zero-order valence-electron chi connectivity index (χ0n) is 17.0. The Balaban J connectivity index is 1.54. The number of H-pyrrole nitrogens is 1. The molecular weight excluding hydrogens is 400 g/mol. The van der Waals surface area contributed by atoms with Crippen molar-refractivity contribution in [2.45, 2.75) is 19.0 Å². The second kappa shape index (κ2) is 8.62. The van der Waals surface area contributed by atoms with Crippen molar-refractivity contribution < 1.29 is 9.47 Å². The minimum absolute atomic E-state index is 0.218. The number of methoxy groups -OCH3 is 1. The van der Waals surface area contributed by atoms with Crippen LogP contribution in [0.2, 0.25) is 0 Å². The molecule has 0 aliphatic carbocycles. The van der Waals surface area contributed by atoms with E-state index in [1.54, 1.807) is 11.6 Å². The minimum atomic E-state index is -0.218. The summed E-state index contributed by atoms with van der Waals surface area (Å²) in [6.07, 6.45) is 0. The van der Waals surface area contributed by atoms with E-state index < -0.39 is 0 Å². The van der Waals surface area contributed by atoms with Crippen molar-refractivity contribution in [2.24, 2.45) is 0 Å². The highest BCUT2D eigenvalue weighted by atomic mass is 32.2. The highest BCUT2D eigenvalue weighted by Gasteiger charge is 2.12. The third kappa shape index (κ3) is 4.49. The van der Waals surface area contributed by atoms with Crippen LogP contribution in [0.1, 0.15) is 11.1 Å². The maximum absolute atomic E-state index is 11.9. The van der Waals surface area contributed by atoms with Crippen molar-refractivity contribution in [3.63, 3.8) is 0 Å². The average Bonchev–Trinajstić information content (AvgIpc) is 3.10. The first kappa shape index (κ1) is 20.0. The first-order valence-electron chi connectivity index (χ1n) is 9.50. The monoisotopic (exact) mass is 422 g/mol. The number of aromatic nitrogens is 4. The van der Waals surface area contributed by atoms with Gasteiger partial charge in [-0.3, -0.25) is 9.89 Å². The quantitative estimate of drug-likeness (QED) is 0.360. The molecule has 1 N–H and O–H groups in total. The number of aryl methyl sites for hydroxylation is 2. The summed E-state index contributed by atoms with van der Waals surface area (Å²) in [5.41, 5.74) is 3.50. The average molecular weight is 423 g/mol. The number of aromatic amines is 1.